The van der Waals surface area contributed by atoms with E-state index in [4.69, 9.17) is 5.73 Å². The van der Waals surface area contributed by atoms with Crippen LogP contribution in [0.15, 0.2) is 0 Å². The first kappa shape index (κ1) is 9.93. The van der Waals surface area contributed by atoms with Crippen LogP contribution >= 0.6 is 0 Å². The molecule has 1 unspecified atom stereocenters. The Hall–Kier alpha value is -0.150. The summed E-state index contributed by atoms with van der Waals surface area (Å²) in [4.78, 5) is 2.24. The molecule has 0 aromatic carbocycles. The zero-order valence-electron chi connectivity index (χ0n) is 8.02. The summed E-state index contributed by atoms with van der Waals surface area (Å²) in [6.07, 6.45) is 1.31. The van der Waals surface area contributed by atoms with Gasteiger partial charge in [0, 0.05) is 25.7 Å². The highest BCUT2D eigenvalue weighted by atomic mass is 19.1. The molecule has 1 aliphatic rings. The summed E-state index contributed by atoms with van der Waals surface area (Å²) in [7, 11) is 0. The maximum atomic E-state index is 13.3. The fraction of sp³-hybridized carbons (Fsp3) is 1.00. The lowest BCUT2D eigenvalue weighted by Crippen LogP contribution is -2.44. The van der Waals surface area contributed by atoms with Crippen molar-refractivity contribution in [1.29, 1.82) is 0 Å². The SMILES string of the molecule is CC(N)CN1CCC(C)(F)CC1. The molecule has 0 bridgehead atoms. The van der Waals surface area contributed by atoms with Crippen LogP contribution in [-0.4, -0.2) is 36.2 Å². The van der Waals surface area contributed by atoms with Crippen molar-refractivity contribution < 1.29 is 4.39 Å². The second kappa shape index (κ2) is 3.71. The lowest BCUT2D eigenvalue weighted by atomic mass is 9.95. The van der Waals surface area contributed by atoms with E-state index in [0.717, 1.165) is 19.6 Å². The molecule has 1 aliphatic heterocycles. The molecule has 0 aromatic rings. The largest absolute Gasteiger partial charge is 0.327 e. The van der Waals surface area contributed by atoms with Crippen molar-refractivity contribution >= 4 is 0 Å². The first-order valence-electron chi connectivity index (χ1n) is 4.66. The van der Waals surface area contributed by atoms with Crippen LogP contribution in [0.4, 0.5) is 4.39 Å². The van der Waals surface area contributed by atoms with Crippen LogP contribution in [-0.2, 0) is 0 Å². The standard InChI is InChI=1S/C9H19FN2/c1-8(11)7-12-5-3-9(2,10)4-6-12/h8H,3-7,11H2,1-2H3. The topological polar surface area (TPSA) is 29.3 Å². The van der Waals surface area contributed by atoms with E-state index in [0.29, 0.717) is 12.8 Å². The molecule has 0 spiro atoms. The van der Waals surface area contributed by atoms with Crippen molar-refractivity contribution in [1.82, 2.24) is 4.90 Å². The minimum absolute atomic E-state index is 0.203. The third-order valence-electron chi connectivity index (χ3n) is 2.44. The van der Waals surface area contributed by atoms with E-state index in [-0.39, 0.29) is 6.04 Å². The molecule has 1 saturated heterocycles. The predicted octanol–water partition coefficient (Wildman–Crippen LogP) is 1.16. The molecule has 0 aliphatic carbocycles. The summed E-state index contributed by atoms with van der Waals surface area (Å²) in [5.41, 5.74) is 4.72. The number of alkyl halides is 1. The zero-order valence-corrected chi connectivity index (χ0v) is 8.02. The van der Waals surface area contributed by atoms with Crippen molar-refractivity contribution in [2.45, 2.75) is 38.4 Å². The average Bonchev–Trinajstić information content (AvgIpc) is 1.93. The van der Waals surface area contributed by atoms with E-state index in [1.165, 1.54) is 0 Å². The van der Waals surface area contributed by atoms with Crippen LogP contribution in [0, 0.1) is 0 Å². The van der Waals surface area contributed by atoms with E-state index >= 15 is 0 Å². The van der Waals surface area contributed by atoms with E-state index < -0.39 is 5.67 Å². The molecule has 1 fully saturated rings. The first-order chi connectivity index (χ1) is 5.49. The van der Waals surface area contributed by atoms with Crippen molar-refractivity contribution in [2.24, 2.45) is 5.73 Å². The van der Waals surface area contributed by atoms with Gasteiger partial charge >= 0.3 is 0 Å². The van der Waals surface area contributed by atoms with Gasteiger partial charge in [-0.05, 0) is 26.7 Å². The van der Waals surface area contributed by atoms with E-state index in [1.807, 2.05) is 6.92 Å². The van der Waals surface area contributed by atoms with Gasteiger partial charge in [0.05, 0.1) is 0 Å². The number of hydrogen-bond acceptors (Lipinski definition) is 2. The summed E-state index contributed by atoms with van der Waals surface area (Å²) >= 11 is 0. The Labute approximate surface area is 73.9 Å². The highest BCUT2D eigenvalue weighted by molar-refractivity contribution is 4.82. The Morgan fingerprint density at radius 3 is 2.42 bits per heavy atom. The summed E-state index contributed by atoms with van der Waals surface area (Å²) in [5.74, 6) is 0. The number of halogens is 1. The molecule has 2 nitrogen and oxygen atoms in total. The van der Waals surface area contributed by atoms with E-state index in [2.05, 4.69) is 4.90 Å². The van der Waals surface area contributed by atoms with Gasteiger partial charge in [0.1, 0.15) is 5.67 Å². The molecule has 0 amide bonds. The van der Waals surface area contributed by atoms with Gasteiger partial charge in [-0.25, -0.2) is 4.39 Å². The Morgan fingerprint density at radius 2 is 2.00 bits per heavy atom. The molecule has 0 aromatic heterocycles. The van der Waals surface area contributed by atoms with Gasteiger partial charge in [-0.15, -0.1) is 0 Å². The van der Waals surface area contributed by atoms with Crippen molar-refractivity contribution in [3.63, 3.8) is 0 Å². The zero-order chi connectivity index (χ0) is 9.19. The average molecular weight is 174 g/mol. The minimum Gasteiger partial charge on any atom is -0.327 e. The lowest BCUT2D eigenvalue weighted by molar-refractivity contribution is 0.0720. The normalized spacial score (nSPS) is 27.0. The second-order valence-corrected chi connectivity index (χ2v) is 4.19. The number of nitrogens with two attached hydrogens (primary N) is 1. The van der Waals surface area contributed by atoms with Gasteiger partial charge in [-0.1, -0.05) is 0 Å². The molecular weight excluding hydrogens is 155 g/mol. The maximum Gasteiger partial charge on any atom is 0.110 e. The molecular formula is C9H19FN2. The minimum atomic E-state index is -0.936. The van der Waals surface area contributed by atoms with Gasteiger partial charge in [0.2, 0.25) is 0 Å². The highest BCUT2D eigenvalue weighted by Gasteiger charge is 2.29. The summed E-state index contributed by atoms with van der Waals surface area (Å²) in [5, 5.41) is 0. The van der Waals surface area contributed by atoms with E-state index in [9.17, 15) is 4.39 Å². The molecule has 0 radical (unpaired) electrons. The summed E-state index contributed by atoms with van der Waals surface area (Å²) in [6.45, 7) is 6.29. The third kappa shape index (κ3) is 3.07. The number of hydrogen-bond donors (Lipinski definition) is 1. The number of nitrogens with zero attached hydrogens (tertiary/aromatic N) is 1. The van der Waals surface area contributed by atoms with Crippen LogP contribution in [0.25, 0.3) is 0 Å². The third-order valence-corrected chi connectivity index (χ3v) is 2.44. The molecule has 1 atom stereocenters. The van der Waals surface area contributed by atoms with Gasteiger partial charge in [-0.2, -0.15) is 0 Å². The molecule has 1 rings (SSSR count). The Morgan fingerprint density at radius 1 is 1.50 bits per heavy atom. The Bertz CT molecular complexity index is 135. The number of piperidine rings is 1. The summed E-state index contributed by atoms with van der Waals surface area (Å²) < 4.78 is 13.3. The fourth-order valence-corrected chi connectivity index (χ4v) is 1.61. The number of rotatable bonds is 2. The van der Waals surface area contributed by atoms with Crippen LogP contribution in [0.1, 0.15) is 26.7 Å². The van der Waals surface area contributed by atoms with Gasteiger partial charge in [0.25, 0.3) is 0 Å². The van der Waals surface area contributed by atoms with Crippen LogP contribution < -0.4 is 5.73 Å². The summed E-state index contributed by atoms with van der Waals surface area (Å²) in [6, 6.07) is 0.203. The molecule has 2 N–H and O–H groups in total. The first-order valence-corrected chi connectivity index (χ1v) is 4.66. The number of likely N-dealkylation sites (tertiary alicyclic amines) is 1. The molecule has 3 heteroatoms. The maximum absolute atomic E-state index is 13.3. The smallest absolute Gasteiger partial charge is 0.110 e. The van der Waals surface area contributed by atoms with Gasteiger partial charge in [-0.3, -0.25) is 0 Å². The molecule has 12 heavy (non-hydrogen) atoms. The highest BCUT2D eigenvalue weighted by Crippen LogP contribution is 2.25. The lowest BCUT2D eigenvalue weighted by Gasteiger charge is -2.34. The quantitative estimate of drug-likeness (QED) is 0.680. The van der Waals surface area contributed by atoms with Crippen molar-refractivity contribution in [3.8, 4) is 0 Å². The van der Waals surface area contributed by atoms with Crippen LogP contribution in [0.3, 0.4) is 0 Å². The van der Waals surface area contributed by atoms with Gasteiger partial charge < -0.3 is 10.6 Å². The molecule has 0 saturated carbocycles. The fourth-order valence-electron chi connectivity index (χ4n) is 1.61. The van der Waals surface area contributed by atoms with Crippen molar-refractivity contribution in [2.75, 3.05) is 19.6 Å². The van der Waals surface area contributed by atoms with E-state index in [1.54, 1.807) is 6.92 Å². The monoisotopic (exact) mass is 174 g/mol. The Kier molecular flexibility index (Phi) is 3.07. The second-order valence-electron chi connectivity index (χ2n) is 4.19. The predicted molar refractivity (Wildman–Crippen MR) is 48.8 cm³/mol. The van der Waals surface area contributed by atoms with Gasteiger partial charge in [0.15, 0.2) is 0 Å². The molecule has 72 valence electrons. The molecule has 1 heterocycles. The Balaban J connectivity index is 2.27. The van der Waals surface area contributed by atoms with Crippen LogP contribution in [0.5, 0.6) is 0 Å². The van der Waals surface area contributed by atoms with Crippen LogP contribution in [0.2, 0.25) is 0 Å². The van der Waals surface area contributed by atoms with Crippen molar-refractivity contribution in [3.05, 3.63) is 0 Å².